The maximum Gasteiger partial charge on any atom is 0.213 e. The standard InChI is InChI=1S/C15H23NO/c1-15(2,3)12-7-9-13(10-8-12)17-14-6-4-5-11-16-14/h4-6,11-13H,7-10H2,1-3H3. The molecule has 0 aromatic carbocycles. The summed E-state index contributed by atoms with van der Waals surface area (Å²) in [4.78, 5) is 4.22. The summed E-state index contributed by atoms with van der Waals surface area (Å²) in [5, 5.41) is 0. The quantitative estimate of drug-likeness (QED) is 0.768. The van der Waals surface area contributed by atoms with Crippen LogP contribution in [0.1, 0.15) is 46.5 Å². The summed E-state index contributed by atoms with van der Waals surface area (Å²) in [5.74, 6) is 1.61. The number of aromatic nitrogens is 1. The van der Waals surface area contributed by atoms with E-state index in [2.05, 4.69) is 25.8 Å². The molecule has 1 fully saturated rings. The van der Waals surface area contributed by atoms with Gasteiger partial charge in [0.1, 0.15) is 6.10 Å². The summed E-state index contributed by atoms with van der Waals surface area (Å²) in [6.45, 7) is 7.03. The molecule has 1 aliphatic rings. The Morgan fingerprint density at radius 3 is 2.35 bits per heavy atom. The Morgan fingerprint density at radius 1 is 1.12 bits per heavy atom. The van der Waals surface area contributed by atoms with Crippen LogP contribution in [0.4, 0.5) is 0 Å². The number of ether oxygens (including phenoxy) is 1. The highest BCUT2D eigenvalue weighted by atomic mass is 16.5. The second-order valence-corrected chi connectivity index (χ2v) is 6.13. The highest BCUT2D eigenvalue weighted by Gasteiger charge is 2.30. The highest BCUT2D eigenvalue weighted by molar-refractivity contribution is 5.09. The van der Waals surface area contributed by atoms with Gasteiger partial charge >= 0.3 is 0 Å². The van der Waals surface area contributed by atoms with Crippen molar-refractivity contribution in [1.29, 1.82) is 0 Å². The van der Waals surface area contributed by atoms with Gasteiger partial charge in [-0.05, 0) is 43.1 Å². The summed E-state index contributed by atoms with van der Waals surface area (Å²) >= 11 is 0. The van der Waals surface area contributed by atoms with Crippen molar-refractivity contribution in [2.24, 2.45) is 11.3 Å². The third-order valence-corrected chi connectivity index (χ3v) is 3.82. The van der Waals surface area contributed by atoms with E-state index in [0.29, 0.717) is 11.5 Å². The van der Waals surface area contributed by atoms with E-state index in [1.807, 2.05) is 18.2 Å². The Hall–Kier alpha value is -1.05. The molecule has 0 amide bonds. The second-order valence-electron chi connectivity index (χ2n) is 6.13. The van der Waals surface area contributed by atoms with Gasteiger partial charge in [0.2, 0.25) is 5.88 Å². The smallest absolute Gasteiger partial charge is 0.213 e. The number of pyridine rings is 1. The second kappa shape index (κ2) is 5.07. The van der Waals surface area contributed by atoms with Crippen molar-refractivity contribution in [1.82, 2.24) is 4.98 Å². The van der Waals surface area contributed by atoms with Gasteiger partial charge in [0.25, 0.3) is 0 Å². The van der Waals surface area contributed by atoms with Crippen molar-refractivity contribution in [3.05, 3.63) is 24.4 Å². The van der Waals surface area contributed by atoms with Crippen LogP contribution in [0.5, 0.6) is 5.88 Å². The lowest BCUT2D eigenvalue weighted by Gasteiger charge is -2.36. The first-order valence-electron chi connectivity index (χ1n) is 6.63. The van der Waals surface area contributed by atoms with E-state index in [1.54, 1.807) is 6.20 Å². The van der Waals surface area contributed by atoms with E-state index in [-0.39, 0.29) is 0 Å². The average Bonchev–Trinajstić information content (AvgIpc) is 2.30. The van der Waals surface area contributed by atoms with Crippen molar-refractivity contribution in [3.63, 3.8) is 0 Å². The lowest BCUT2D eigenvalue weighted by Crippen LogP contribution is -2.30. The zero-order valence-corrected chi connectivity index (χ0v) is 11.1. The topological polar surface area (TPSA) is 22.1 Å². The fourth-order valence-electron chi connectivity index (χ4n) is 2.63. The van der Waals surface area contributed by atoms with E-state index in [0.717, 1.165) is 11.8 Å². The lowest BCUT2D eigenvalue weighted by molar-refractivity contribution is 0.0851. The molecule has 0 N–H and O–H groups in total. The van der Waals surface area contributed by atoms with Crippen LogP contribution in [0.15, 0.2) is 24.4 Å². The van der Waals surface area contributed by atoms with Crippen LogP contribution in [0, 0.1) is 11.3 Å². The van der Waals surface area contributed by atoms with E-state index >= 15 is 0 Å². The van der Waals surface area contributed by atoms with Crippen LogP contribution < -0.4 is 4.74 Å². The highest BCUT2D eigenvalue weighted by Crippen LogP contribution is 2.38. The monoisotopic (exact) mass is 233 g/mol. The van der Waals surface area contributed by atoms with Gasteiger partial charge in [0, 0.05) is 12.3 Å². The van der Waals surface area contributed by atoms with Crippen LogP contribution >= 0.6 is 0 Å². The predicted octanol–water partition coefficient (Wildman–Crippen LogP) is 4.07. The molecule has 1 aromatic heterocycles. The Morgan fingerprint density at radius 2 is 1.82 bits per heavy atom. The molecule has 0 aliphatic heterocycles. The molecule has 0 unspecified atom stereocenters. The summed E-state index contributed by atoms with van der Waals surface area (Å²) in [6, 6.07) is 5.84. The first kappa shape index (κ1) is 12.4. The molecular weight excluding hydrogens is 210 g/mol. The van der Waals surface area contributed by atoms with Crippen molar-refractivity contribution in [2.45, 2.75) is 52.6 Å². The molecule has 1 saturated carbocycles. The number of hydrogen-bond donors (Lipinski definition) is 0. The van der Waals surface area contributed by atoms with Crippen LogP contribution in [0.25, 0.3) is 0 Å². The summed E-state index contributed by atoms with van der Waals surface area (Å²) in [7, 11) is 0. The maximum absolute atomic E-state index is 5.91. The molecule has 0 bridgehead atoms. The van der Waals surface area contributed by atoms with Gasteiger partial charge in [-0.1, -0.05) is 26.8 Å². The fourth-order valence-corrected chi connectivity index (χ4v) is 2.63. The van der Waals surface area contributed by atoms with E-state index in [1.165, 1.54) is 25.7 Å². The normalized spacial score (nSPS) is 25.6. The average molecular weight is 233 g/mol. The number of nitrogens with zero attached hydrogens (tertiary/aromatic N) is 1. The molecule has 0 saturated heterocycles. The maximum atomic E-state index is 5.91. The molecule has 1 aromatic rings. The first-order chi connectivity index (χ1) is 8.05. The summed E-state index contributed by atoms with van der Waals surface area (Å²) in [5.41, 5.74) is 0.440. The molecule has 2 heteroatoms. The molecule has 2 rings (SSSR count). The molecule has 17 heavy (non-hydrogen) atoms. The van der Waals surface area contributed by atoms with Crippen LogP contribution in [0.3, 0.4) is 0 Å². The zero-order valence-electron chi connectivity index (χ0n) is 11.1. The van der Waals surface area contributed by atoms with E-state index in [4.69, 9.17) is 4.74 Å². The van der Waals surface area contributed by atoms with Crippen LogP contribution in [-0.2, 0) is 0 Å². The van der Waals surface area contributed by atoms with Crippen LogP contribution in [-0.4, -0.2) is 11.1 Å². The largest absolute Gasteiger partial charge is 0.474 e. The minimum Gasteiger partial charge on any atom is -0.474 e. The molecule has 0 radical (unpaired) electrons. The van der Waals surface area contributed by atoms with Crippen molar-refractivity contribution < 1.29 is 4.74 Å². The van der Waals surface area contributed by atoms with Gasteiger partial charge < -0.3 is 4.74 Å². The van der Waals surface area contributed by atoms with Gasteiger partial charge in [-0.3, -0.25) is 0 Å². The Balaban J connectivity index is 1.84. The minimum absolute atomic E-state index is 0.364. The lowest BCUT2D eigenvalue weighted by atomic mass is 9.72. The van der Waals surface area contributed by atoms with E-state index < -0.39 is 0 Å². The first-order valence-corrected chi connectivity index (χ1v) is 6.63. The van der Waals surface area contributed by atoms with Crippen molar-refractivity contribution >= 4 is 0 Å². The van der Waals surface area contributed by atoms with Gasteiger partial charge in [-0.25, -0.2) is 4.98 Å². The molecule has 0 spiro atoms. The van der Waals surface area contributed by atoms with Crippen LogP contribution in [0.2, 0.25) is 0 Å². The third-order valence-electron chi connectivity index (χ3n) is 3.82. The molecular formula is C15H23NO. The summed E-state index contributed by atoms with van der Waals surface area (Å²) in [6.07, 6.45) is 7.04. The van der Waals surface area contributed by atoms with Gasteiger partial charge in [0.15, 0.2) is 0 Å². The third kappa shape index (κ3) is 3.45. The molecule has 1 heterocycles. The predicted molar refractivity (Wildman–Crippen MR) is 70.1 cm³/mol. The van der Waals surface area contributed by atoms with E-state index in [9.17, 15) is 0 Å². The number of rotatable bonds is 2. The zero-order chi connectivity index (χ0) is 12.3. The van der Waals surface area contributed by atoms with Gasteiger partial charge in [0.05, 0.1) is 0 Å². The Bertz CT molecular complexity index is 334. The number of hydrogen-bond acceptors (Lipinski definition) is 2. The molecule has 1 aliphatic carbocycles. The SMILES string of the molecule is CC(C)(C)C1CCC(Oc2ccccn2)CC1. The Labute approximate surface area is 104 Å². The minimum atomic E-state index is 0.364. The van der Waals surface area contributed by atoms with Gasteiger partial charge in [-0.15, -0.1) is 0 Å². The molecule has 0 atom stereocenters. The Kier molecular flexibility index (Phi) is 3.70. The van der Waals surface area contributed by atoms with Gasteiger partial charge in [-0.2, -0.15) is 0 Å². The van der Waals surface area contributed by atoms with Crippen molar-refractivity contribution in [3.8, 4) is 5.88 Å². The summed E-state index contributed by atoms with van der Waals surface area (Å²) < 4.78 is 5.91. The van der Waals surface area contributed by atoms with Crippen molar-refractivity contribution in [2.75, 3.05) is 0 Å². The fraction of sp³-hybridized carbons (Fsp3) is 0.667. The molecule has 94 valence electrons. The molecule has 2 nitrogen and oxygen atoms in total.